The molecule has 0 radical (unpaired) electrons. The number of nitrogens with one attached hydrogen (secondary N) is 1. The monoisotopic (exact) mass is 271 g/mol. The predicted molar refractivity (Wildman–Crippen MR) is 74.0 cm³/mol. The van der Waals surface area contributed by atoms with Crippen molar-refractivity contribution in [1.82, 2.24) is 10.3 Å². The average Bonchev–Trinajstić information content (AvgIpc) is 2.84. The minimum absolute atomic E-state index is 0.162. The van der Waals surface area contributed by atoms with Gasteiger partial charge in [-0.15, -0.1) is 11.3 Å². The van der Waals surface area contributed by atoms with Crippen LogP contribution in [0.25, 0.3) is 0 Å². The van der Waals surface area contributed by atoms with Gasteiger partial charge in [-0.25, -0.2) is 4.98 Å². The van der Waals surface area contributed by atoms with Crippen molar-refractivity contribution in [1.29, 1.82) is 5.26 Å². The zero-order valence-corrected chi connectivity index (χ0v) is 11.3. The summed E-state index contributed by atoms with van der Waals surface area (Å²) >= 11 is 1.60. The molecule has 5 heteroatoms. The van der Waals surface area contributed by atoms with Crippen LogP contribution in [0.15, 0.2) is 29.6 Å². The van der Waals surface area contributed by atoms with Gasteiger partial charge in [0.25, 0.3) is 5.91 Å². The van der Waals surface area contributed by atoms with Gasteiger partial charge in [0.1, 0.15) is 0 Å². The largest absolute Gasteiger partial charge is 0.352 e. The molecule has 0 aliphatic rings. The van der Waals surface area contributed by atoms with Gasteiger partial charge in [-0.2, -0.15) is 5.26 Å². The molecule has 1 amide bonds. The first-order chi connectivity index (χ1) is 9.19. The molecule has 1 heterocycles. The highest BCUT2D eigenvalue weighted by atomic mass is 32.1. The molecule has 96 valence electrons. The van der Waals surface area contributed by atoms with E-state index in [1.54, 1.807) is 35.6 Å². The molecule has 0 unspecified atom stereocenters. The second-order valence-corrected chi connectivity index (χ2v) is 5.02. The maximum Gasteiger partial charge on any atom is 0.251 e. The lowest BCUT2D eigenvalue weighted by Crippen LogP contribution is -2.25. The van der Waals surface area contributed by atoms with Crippen molar-refractivity contribution in [2.24, 2.45) is 0 Å². The Bertz CT molecular complexity index is 628. The van der Waals surface area contributed by atoms with Crippen molar-refractivity contribution >= 4 is 17.2 Å². The van der Waals surface area contributed by atoms with Gasteiger partial charge in [0.2, 0.25) is 0 Å². The third-order valence-electron chi connectivity index (χ3n) is 2.54. The fourth-order valence-electron chi connectivity index (χ4n) is 1.63. The van der Waals surface area contributed by atoms with E-state index in [9.17, 15) is 4.79 Å². The van der Waals surface area contributed by atoms with E-state index in [-0.39, 0.29) is 5.91 Å². The Kier molecular flexibility index (Phi) is 4.26. The number of aromatic nitrogens is 1. The van der Waals surface area contributed by atoms with E-state index in [0.29, 0.717) is 17.7 Å². The molecule has 0 bridgehead atoms. The first-order valence-corrected chi connectivity index (χ1v) is 6.76. The molecule has 0 atom stereocenters. The lowest BCUT2D eigenvalue weighted by molar-refractivity contribution is 0.0954. The van der Waals surface area contributed by atoms with Gasteiger partial charge in [0.05, 0.1) is 16.6 Å². The highest BCUT2D eigenvalue weighted by Crippen LogP contribution is 2.09. The van der Waals surface area contributed by atoms with Crippen LogP contribution in [-0.2, 0) is 6.42 Å². The number of hydrogen-bond acceptors (Lipinski definition) is 4. The molecule has 0 spiro atoms. The average molecular weight is 271 g/mol. The highest BCUT2D eigenvalue weighted by Gasteiger charge is 2.06. The Morgan fingerprint density at radius 2 is 2.37 bits per heavy atom. The summed E-state index contributed by atoms with van der Waals surface area (Å²) in [6.07, 6.45) is 0.724. The van der Waals surface area contributed by atoms with Crippen molar-refractivity contribution < 1.29 is 4.79 Å². The Morgan fingerprint density at radius 1 is 1.53 bits per heavy atom. The summed E-state index contributed by atoms with van der Waals surface area (Å²) in [4.78, 5) is 16.2. The molecular weight excluding hydrogens is 258 g/mol. The number of nitrogens with zero attached hydrogens (tertiary/aromatic N) is 2. The summed E-state index contributed by atoms with van der Waals surface area (Å²) in [5.74, 6) is -0.162. The molecule has 0 saturated heterocycles. The summed E-state index contributed by atoms with van der Waals surface area (Å²) < 4.78 is 0. The van der Waals surface area contributed by atoms with Crippen LogP contribution in [0.5, 0.6) is 0 Å². The molecule has 1 aromatic heterocycles. The van der Waals surface area contributed by atoms with Gasteiger partial charge in [-0.3, -0.25) is 4.79 Å². The fourth-order valence-corrected chi connectivity index (χ4v) is 2.41. The van der Waals surface area contributed by atoms with Crippen LogP contribution in [0.4, 0.5) is 0 Å². The first kappa shape index (κ1) is 13.2. The van der Waals surface area contributed by atoms with Crippen molar-refractivity contribution in [3.8, 4) is 6.07 Å². The maximum atomic E-state index is 11.9. The predicted octanol–water partition coefficient (Wildman–Crippen LogP) is 2.30. The smallest absolute Gasteiger partial charge is 0.251 e. The molecule has 19 heavy (non-hydrogen) atoms. The summed E-state index contributed by atoms with van der Waals surface area (Å²) in [5, 5.41) is 14.6. The summed E-state index contributed by atoms with van der Waals surface area (Å²) in [7, 11) is 0. The van der Waals surface area contributed by atoms with Gasteiger partial charge in [0.15, 0.2) is 0 Å². The molecule has 1 N–H and O–H groups in total. The van der Waals surface area contributed by atoms with Crippen molar-refractivity contribution in [2.45, 2.75) is 13.3 Å². The SMILES string of the molecule is Cc1csc(CCNC(=O)c2cccc(C#N)c2)n1. The van der Waals surface area contributed by atoms with Gasteiger partial charge in [-0.05, 0) is 25.1 Å². The number of nitriles is 1. The second-order valence-electron chi connectivity index (χ2n) is 4.08. The van der Waals surface area contributed by atoms with E-state index in [1.165, 1.54) is 0 Å². The highest BCUT2D eigenvalue weighted by molar-refractivity contribution is 7.09. The number of carbonyl (C=O) groups is 1. The van der Waals surface area contributed by atoms with Gasteiger partial charge in [0, 0.05) is 29.6 Å². The van der Waals surface area contributed by atoms with Crippen LogP contribution in [0.1, 0.15) is 26.6 Å². The van der Waals surface area contributed by atoms with Crippen molar-refractivity contribution in [3.63, 3.8) is 0 Å². The second kappa shape index (κ2) is 6.12. The zero-order valence-electron chi connectivity index (χ0n) is 10.5. The van der Waals surface area contributed by atoms with E-state index in [1.807, 2.05) is 18.4 Å². The third-order valence-corrected chi connectivity index (χ3v) is 3.57. The van der Waals surface area contributed by atoms with E-state index < -0.39 is 0 Å². The number of aryl methyl sites for hydroxylation is 1. The minimum atomic E-state index is -0.162. The Balaban J connectivity index is 1.89. The quantitative estimate of drug-likeness (QED) is 0.927. The van der Waals surface area contributed by atoms with E-state index >= 15 is 0 Å². The van der Waals surface area contributed by atoms with Crippen LogP contribution in [0, 0.1) is 18.3 Å². The molecule has 2 rings (SSSR count). The molecule has 0 fully saturated rings. The van der Waals surface area contributed by atoms with Gasteiger partial charge >= 0.3 is 0 Å². The normalized spacial score (nSPS) is 9.89. The molecular formula is C14H13N3OS. The minimum Gasteiger partial charge on any atom is -0.352 e. The van der Waals surface area contributed by atoms with Crippen molar-refractivity contribution in [3.05, 3.63) is 51.5 Å². The number of thiazole rings is 1. The Labute approximate surface area is 115 Å². The Morgan fingerprint density at radius 3 is 3.05 bits per heavy atom. The molecule has 0 saturated carbocycles. The first-order valence-electron chi connectivity index (χ1n) is 5.88. The van der Waals surface area contributed by atoms with Crippen LogP contribution in [-0.4, -0.2) is 17.4 Å². The number of benzene rings is 1. The van der Waals surface area contributed by atoms with Gasteiger partial charge < -0.3 is 5.32 Å². The maximum absolute atomic E-state index is 11.9. The molecule has 1 aromatic carbocycles. The fraction of sp³-hybridized carbons (Fsp3) is 0.214. The molecule has 0 aliphatic carbocycles. The number of hydrogen-bond donors (Lipinski definition) is 1. The van der Waals surface area contributed by atoms with E-state index in [2.05, 4.69) is 10.3 Å². The van der Waals surface area contributed by atoms with Crippen molar-refractivity contribution in [2.75, 3.05) is 6.54 Å². The van der Waals surface area contributed by atoms with Crippen LogP contribution >= 0.6 is 11.3 Å². The standard InChI is InChI=1S/C14H13N3OS/c1-10-9-19-13(17-10)5-6-16-14(18)12-4-2-3-11(7-12)8-15/h2-4,7,9H,5-6H2,1H3,(H,16,18). The molecule has 2 aromatic rings. The lowest BCUT2D eigenvalue weighted by atomic mass is 10.1. The zero-order chi connectivity index (χ0) is 13.7. The van der Waals surface area contributed by atoms with E-state index in [0.717, 1.165) is 17.1 Å². The topological polar surface area (TPSA) is 65.8 Å². The Hall–Kier alpha value is -2.19. The summed E-state index contributed by atoms with van der Waals surface area (Å²) in [5.41, 5.74) is 2.01. The van der Waals surface area contributed by atoms with Crippen LogP contribution in [0.3, 0.4) is 0 Å². The van der Waals surface area contributed by atoms with E-state index in [4.69, 9.17) is 5.26 Å². The number of rotatable bonds is 4. The van der Waals surface area contributed by atoms with Crippen LogP contribution in [0.2, 0.25) is 0 Å². The van der Waals surface area contributed by atoms with Crippen LogP contribution < -0.4 is 5.32 Å². The molecule has 0 aliphatic heterocycles. The summed E-state index contributed by atoms with van der Waals surface area (Å²) in [6.45, 7) is 2.49. The third kappa shape index (κ3) is 3.63. The lowest BCUT2D eigenvalue weighted by Gasteiger charge is -2.04. The summed E-state index contributed by atoms with van der Waals surface area (Å²) in [6, 6.07) is 8.68. The van der Waals surface area contributed by atoms with Gasteiger partial charge in [-0.1, -0.05) is 6.07 Å². The number of amides is 1. The molecule has 4 nitrogen and oxygen atoms in total. The number of carbonyl (C=O) groups excluding carboxylic acids is 1.